The molecule has 0 atom stereocenters. The Labute approximate surface area is 126 Å². The van der Waals surface area contributed by atoms with Crippen LogP contribution in [0.25, 0.3) is 11.0 Å². The summed E-state index contributed by atoms with van der Waals surface area (Å²) < 4.78 is 12.4. The zero-order valence-corrected chi connectivity index (χ0v) is 12.6. The van der Waals surface area contributed by atoms with Gasteiger partial charge in [-0.1, -0.05) is 5.16 Å². The molecule has 21 heavy (non-hydrogen) atoms. The van der Waals surface area contributed by atoms with E-state index < -0.39 is 0 Å². The van der Waals surface area contributed by atoms with Gasteiger partial charge in [0.25, 0.3) is 0 Å². The number of hydrogen-bond donors (Lipinski definition) is 0. The normalized spacial score (nSPS) is 11.2. The van der Waals surface area contributed by atoms with Gasteiger partial charge in [-0.05, 0) is 19.1 Å². The van der Waals surface area contributed by atoms with E-state index in [0.717, 1.165) is 22.6 Å². The maximum atomic E-state index is 6.00. The summed E-state index contributed by atoms with van der Waals surface area (Å²) >= 11 is 6.00. The first-order chi connectivity index (χ1) is 10.2. The third kappa shape index (κ3) is 2.71. The van der Waals surface area contributed by atoms with E-state index in [1.54, 1.807) is 14.0 Å². The maximum absolute atomic E-state index is 6.00. The van der Waals surface area contributed by atoms with E-state index in [2.05, 4.69) is 19.7 Å². The summed E-state index contributed by atoms with van der Waals surface area (Å²) in [5, 5.41) is 3.79. The minimum Gasteiger partial charge on any atom is -0.497 e. The van der Waals surface area contributed by atoms with Crippen LogP contribution in [0.1, 0.15) is 17.5 Å². The van der Waals surface area contributed by atoms with E-state index >= 15 is 0 Å². The van der Waals surface area contributed by atoms with Crippen LogP contribution in [0.15, 0.2) is 22.7 Å². The number of nitrogens with zero attached hydrogens (tertiary/aromatic N) is 4. The Bertz CT molecular complexity index is 766. The lowest BCUT2D eigenvalue weighted by Crippen LogP contribution is -2.05. The molecule has 0 aliphatic heterocycles. The summed E-state index contributed by atoms with van der Waals surface area (Å²) in [6, 6.07) is 5.80. The van der Waals surface area contributed by atoms with Crippen molar-refractivity contribution in [1.29, 1.82) is 0 Å². The number of imidazole rings is 1. The molecule has 2 heterocycles. The average Bonchev–Trinajstić information content (AvgIpc) is 3.07. The predicted molar refractivity (Wildman–Crippen MR) is 78.6 cm³/mol. The first-order valence-electron chi connectivity index (χ1n) is 6.59. The van der Waals surface area contributed by atoms with Gasteiger partial charge in [0.15, 0.2) is 5.82 Å². The van der Waals surface area contributed by atoms with E-state index in [1.165, 1.54) is 0 Å². The van der Waals surface area contributed by atoms with E-state index in [0.29, 0.717) is 30.6 Å². The number of methoxy groups -OCH3 is 1. The number of hydrogen-bond acceptors (Lipinski definition) is 5. The fourth-order valence-corrected chi connectivity index (χ4v) is 2.49. The number of benzene rings is 1. The third-order valence-corrected chi connectivity index (χ3v) is 3.51. The van der Waals surface area contributed by atoms with Crippen molar-refractivity contribution in [2.45, 2.75) is 25.8 Å². The van der Waals surface area contributed by atoms with Gasteiger partial charge in [0.1, 0.15) is 11.6 Å². The number of aryl methyl sites for hydroxylation is 3. The van der Waals surface area contributed by atoms with Crippen LogP contribution in [-0.4, -0.2) is 26.8 Å². The standard InChI is InChI=1S/C14H15ClN4O2/c1-9-16-14(21-18-9)5-6-19-12-4-3-10(20-2)7-11(12)17-13(19)8-15/h3-4,7H,5-6,8H2,1-2H3. The second-order valence-corrected chi connectivity index (χ2v) is 4.92. The molecule has 1 aromatic carbocycles. The Morgan fingerprint density at radius 1 is 1.33 bits per heavy atom. The number of alkyl halides is 1. The first-order valence-corrected chi connectivity index (χ1v) is 7.13. The molecule has 0 saturated heterocycles. The molecule has 7 heteroatoms. The molecule has 3 rings (SSSR count). The van der Waals surface area contributed by atoms with E-state index in [1.807, 2.05) is 18.2 Å². The van der Waals surface area contributed by atoms with E-state index in [9.17, 15) is 0 Å². The monoisotopic (exact) mass is 306 g/mol. The molecule has 0 N–H and O–H groups in total. The molecule has 3 aromatic rings. The molecule has 0 saturated carbocycles. The van der Waals surface area contributed by atoms with E-state index in [4.69, 9.17) is 20.9 Å². The first kappa shape index (κ1) is 13.9. The molecule has 2 aromatic heterocycles. The Morgan fingerprint density at radius 3 is 2.86 bits per heavy atom. The quantitative estimate of drug-likeness (QED) is 0.678. The molecular weight excluding hydrogens is 292 g/mol. The lowest BCUT2D eigenvalue weighted by Gasteiger charge is -2.06. The highest BCUT2D eigenvalue weighted by molar-refractivity contribution is 6.16. The Morgan fingerprint density at radius 2 is 2.19 bits per heavy atom. The van der Waals surface area contributed by atoms with Crippen molar-refractivity contribution < 1.29 is 9.26 Å². The van der Waals surface area contributed by atoms with E-state index in [-0.39, 0.29) is 0 Å². The number of fused-ring (bicyclic) bond motifs is 1. The van der Waals surface area contributed by atoms with Gasteiger partial charge in [0.05, 0.1) is 24.0 Å². The third-order valence-electron chi connectivity index (χ3n) is 3.27. The highest BCUT2D eigenvalue weighted by Gasteiger charge is 2.12. The topological polar surface area (TPSA) is 66.0 Å². The minimum absolute atomic E-state index is 0.347. The lowest BCUT2D eigenvalue weighted by molar-refractivity contribution is 0.368. The van der Waals surface area contributed by atoms with Crippen LogP contribution < -0.4 is 4.74 Å². The SMILES string of the molecule is COc1ccc2c(c1)nc(CCl)n2CCc1nc(C)no1. The molecule has 110 valence electrons. The predicted octanol–water partition coefficient (Wildman–Crippen LogP) is 2.72. The lowest BCUT2D eigenvalue weighted by atomic mass is 10.3. The highest BCUT2D eigenvalue weighted by Crippen LogP contribution is 2.23. The van der Waals surface area contributed by atoms with Gasteiger partial charge in [-0.3, -0.25) is 0 Å². The molecular formula is C14H15ClN4O2. The summed E-state index contributed by atoms with van der Waals surface area (Å²) in [5.41, 5.74) is 1.88. The summed E-state index contributed by atoms with van der Waals surface area (Å²) in [6.45, 7) is 2.49. The average molecular weight is 307 g/mol. The number of rotatable bonds is 5. The van der Waals surface area contributed by atoms with Crippen LogP contribution in [0.3, 0.4) is 0 Å². The zero-order valence-electron chi connectivity index (χ0n) is 11.8. The second kappa shape index (κ2) is 5.73. The fourth-order valence-electron chi connectivity index (χ4n) is 2.29. The summed E-state index contributed by atoms with van der Waals surface area (Å²) in [6.07, 6.45) is 0.641. The summed E-state index contributed by atoms with van der Waals surface area (Å²) in [4.78, 5) is 8.75. The maximum Gasteiger partial charge on any atom is 0.228 e. The van der Waals surface area contributed by atoms with Crippen molar-refractivity contribution in [3.63, 3.8) is 0 Å². The molecule has 0 radical (unpaired) electrons. The Balaban J connectivity index is 1.92. The second-order valence-electron chi connectivity index (χ2n) is 4.65. The number of ether oxygens (including phenoxy) is 1. The van der Waals surface area contributed by atoms with Crippen LogP contribution in [-0.2, 0) is 18.8 Å². The number of aromatic nitrogens is 4. The van der Waals surface area contributed by atoms with Gasteiger partial charge in [-0.15, -0.1) is 11.6 Å². The van der Waals surface area contributed by atoms with Crippen molar-refractivity contribution in [2.24, 2.45) is 0 Å². The highest BCUT2D eigenvalue weighted by atomic mass is 35.5. The molecule has 0 fully saturated rings. The minimum atomic E-state index is 0.347. The van der Waals surface area contributed by atoms with Crippen molar-refractivity contribution in [2.75, 3.05) is 7.11 Å². The van der Waals surface area contributed by atoms with Crippen LogP contribution in [0, 0.1) is 6.92 Å². The largest absolute Gasteiger partial charge is 0.497 e. The van der Waals surface area contributed by atoms with Gasteiger partial charge < -0.3 is 13.8 Å². The van der Waals surface area contributed by atoms with Crippen LogP contribution >= 0.6 is 11.6 Å². The van der Waals surface area contributed by atoms with Crippen molar-refractivity contribution in [3.8, 4) is 5.75 Å². The van der Waals surface area contributed by atoms with Gasteiger partial charge in [-0.25, -0.2) is 4.98 Å². The van der Waals surface area contributed by atoms with Crippen LogP contribution in [0.4, 0.5) is 0 Å². The number of halogens is 1. The van der Waals surface area contributed by atoms with Gasteiger partial charge >= 0.3 is 0 Å². The van der Waals surface area contributed by atoms with Crippen LogP contribution in [0.2, 0.25) is 0 Å². The van der Waals surface area contributed by atoms with Gasteiger partial charge in [-0.2, -0.15) is 4.98 Å². The Kier molecular flexibility index (Phi) is 3.79. The molecule has 0 aliphatic rings. The molecule has 0 aliphatic carbocycles. The molecule has 0 bridgehead atoms. The summed E-state index contributed by atoms with van der Waals surface area (Å²) in [5.74, 6) is 3.20. The zero-order chi connectivity index (χ0) is 14.8. The molecule has 6 nitrogen and oxygen atoms in total. The smallest absolute Gasteiger partial charge is 0.228 e. The van der Waals surface area contributed by atoms with Crippen molar-refractivity contribution >= 4 is 22.6 Å². The summed E-state index contributed by atoms with van der Waals surface area (Å²) in [7, 11) is 1.64. The van der Waals surface area contributed by atoms with Gasteiger partial charge in [0, 0.05) is 19.0 Å². The fraction of sp³-hybridized carbons (Fsp3) is 0.357. The molecule has 0 unspecified atom stereocenters. The van der Waals surface area contributed by atoms with Crippen LogP contribution in [0.5, 0.6) is 5.75 Å². The molecule has 0 amide bonds. The Hall–Kier alpha value is -2.08. The van der Waals surface area contributed by atoms with Crippen molar-refractivity contribution in [1.82, 2.24) is 19.7 Å². The van der Waals surface area contributed by atoms with Crippen molar-refractivity contribution in [3.05, 3.63) is 35.7 Å². The van der Waals surface area contributed by atoms with Gasteiger partial charge in [0.2, 0.25) is 5.89 Å². The molecule has 0 spiro atoms.